The van der Waals surface area contributed by atoms with Gasteiger partial charge in [0.25, 0.3) is 11.8 Å². The fourth-order valence-corrected chi connectivity index (χ4v) is 5.14. The summed E-state index contributed by atoms with van der Waals surface area (Å²) >= 11 is 6.03. The number of anilines is 1. The molecule has 2 aliphatic heterocycles. The molecule has 37 heavy (non-hydrogen) atoms. The van der Waals surface area contributed by atoms with Gasteiger partial charge in [0.1, 0.15) is 0 Å². The molecule has 2 amide bonds. The number of methoxy groups -OCH3 is 1. The standard InChI is InChI=1S/C28H26ClN3O5/c1-15(14-37-2)32-27(35)19-10-17-11-23(31-22(17)12-20(19)28(32)36)26-21(7-4-8-24(26)33)30-13-25(34)16-5-3-6-18(29)9-16/h3-7,9-10,12,15,25,31,34H,8,11,13-14H2,1-2H3/t15-,25-/m1/s1. The van der Waals surface area contributed by atoms with Crippen molar-refractivity contribution in [2.75, 3.05) is 25.6 Å². The second-order valence-electron chi connectivity index (χ2n) is 9.32. The van der Waals surface area contributed by atoms with E-state index in [4.69, 9.17) is 16.3 Å². The number of hydrogen-bond donors (Lipinski definition) is 2. The lowest BCUT2D eigenvalue weighted by molar-refractivity contribution is -0.114. The highest BCUT2D eigenvalue weighted by Gasteiger charge is 2.40. The normalized spacial score (nSPS) is 21.4. The Labute approximate surface area is 219 Å². The Bertz CT molecular complexity index is 1360. The zero-order valence-electron chi connectivity index (χ0n) is 20.5. The van der Waals surface area contributed by atoms with Crippen molar-refractivity contribution in [2.24, 2.45) is 4.99 Å². The van der Waals surface area contributed by atoms with Crippen molar-refractivity contribution in [3.63, 3.8) is 0 Å². The first-order chi connectivity index (χ1) is 17.8. The van der Waals surface area contributed by atoms with Crippen LogP contribution in [0.15, 0.2) is 64.8 Å². The largest absolute Gasteiger partial charge is 0.386 e. The summed E-state index contributed by atoms with van der Waals surface area (Å²) in [5.74, 6) is -0.792. The van der Waals surface area contributed by atoms with Gasteiger partial charge in [-0.3, -0.25) is 24.3 Å². The number of fused-ring (bicyclic) bond motifs is 2. The molecule has 0 saturated carbocycles. The number of allylic oxidation sites excluding steroid dienone is 4. The van der Waals surface area contributed by atoms with Crippen molar-refractivity contribution in [1.29, 1.82) is 0 Å². The maximum atomic E-state index is 13.0. The molecule has 0 radical (unpaired) electrons. The Kier molecular flexibility index (Phi) is 6.81. The molecule has 0 saturated heterocycles. The molecule has 2 N–H and O–H groups in total. The van der Waals surface area contributed by atoms with E-state index < -0.39 is 6.10 Å². The summed E-state index contributed by atoms with van der Waals surface area (Å²) in [5, 5.41) is 14.4. The van der Waals surface area contributed by atoms with Gasteiger partial charge in [0.2, 0.25) is 0 Å². The van der Waals surface area contributed by atoms with Gasteiger partial charge in [0, 0.05) is 36.4 Å². The third-order valence-corrected chi connectivity index (χ3v) is 6.96. The number of aliphatic imine (C=N–C) groups is 1. The van der Waals surface area contributed by atoms with Gasteiger partial charge in [0.05, 0.1) is 47.7 Å². The van der Waals surface area contributed by atoms with Crippen molar-refractivity contribution in [3.8, 4) is 0 Å². The number of nitrogens with one attached hydrogen (secondary N) is 1. The number of rotatable bonds is 6. The van der Waals surface area contributed by atoms with Gasteiger partial charge in [0.15, 0.2) is 5.78 Å². The van der Waals surface area contributed by atoms with Gasteiger partial charge < -0.3 is 15.2 Å². The maximum absolute atomic E-state index is 13.0. The number of imide groups is 1. The van der Waals surface area contributed by atoms with Crippen LogP contribution in [0.4, 0.5) is 5.69 Å². The van der Waals surface area contributed by atoms with Crippen LogP contribution in [0.3, 0.4) is 0 Å². The number of amides is 2. The highest BCUT2D eigenvalue weighted by atomic mass is 35.5. The number of benzene rings is 2. The maximum Gasteiger partial charge on any atom is 0.261 e. The third kappa shape index (κ3) is 4.64. The van der Waals surface area contributed by atoms with Crippen molar-refractivity contribution in [2.45, 2.75) is 31.9 Å². The highest BCUT2D eigenvalue weighted by molar-refractivity contribution is 6.30. The summed E-state index contributed by atoms with van der Waals surface area (Å²) in [7, 11) is 1.53. The number of hydrogen-bond acceptors (Lipinski definition) is 7. The smallest absolute Gasteiger partial charge is 0.261 e. The summed E-state index contributed by atoms with van der Waals surface area (Å²) in [5.41, 5.74) is 4.42. The molecule has 5 rings (SSSR count). The van der Waals surface area contributed by atoms with Crippen LogP contribution in [0.5, 0.6) is 0 Å². The highest BCUT2D eigenvalue weighted by Crippen LogP contribution is 2.37. The summed E-state index contributed by atoms with van der Waals surface area (Å²) in [6.45, 7) is 2.08. The number of nitrogens with zero attached hydrogens (tertiary/aromatic N) is 2. The zero-order valence-corrected chi connectivity index (χ0v) is 21.2. The molecule has 190 valence electrons. The molecule has 0 aromatic heterocycles. The van der Waals surface area contributed by atoms with E-state index in [2.05, 4.69) is 10.3 Å². The molecule has 2 heterocycles. The molecule has 0 bridgehead atoms. The van der Waals surface area contributed by atoms with Crippen LogP contribution in [0, 0.1) is 0 Å². The molecule has 2 aromatic carbocycles. The Hall–Kier alpha value is -3.59. The van der Waals surface area contributed by atoms with E-state index in [1.807, 2.05) is 0 Å². The van der Waals surface area contributed by atoms with E-state index in [0.29, 0.717) is 50.8 Å². The monoisotopic (exact) mass is 519 g/mol. The van der Waals surface area contributed by atoms with Crippen LogP contribution in [0.25, 0.3) is 0 Å². The average Bonchev–Trinajstić information content (AvgIpc) is 3.39. The molecular formula is C28H26ClN3O5. The lowest BCUT2D eigenvalue weighted by Gasteiger charge is -2.21. The van der Waals surface area contributed by atoms with E-state index in [-0.39, 0.29) is 43.2 Å². The van der Waals surface area contributed by atoms with Crippen molar-refractivity contribution < 1.29 is 24.2 Å². The number of ether oxygens (including phenoxy) is 1. The SMILES string of the molecule is COC[C@@H](C)N1C(=O)c2cc3c(cc2C1=O)NC(=C1C(=O)CC=CC1=NC[C@@H](O)c1cccc(Cl)c1)C3. The predicted octanol–water partition coefficient (Wildman–Crippen LogP) is 3.90. The Morgan fingerprint density at radius 2 is 1.92 bits per heavy atom. The van der Waals surface area contributed by atoms with Gasteiger partial charge in [-0.1, -0.05) is 29.8 Å². The van der Waals surface area contributed by atoms with Crippen LogP contribution in [0.2, 0.25) is 5.02 Å². The van der Waals surface area contributed by atoms with E-state index in [0.717, 1.165) is 5.56 Å². The van der Waals surface area contributed by atoms with E-state index in [1.165, 1.54) is 12.0 Å². The number of carbonyl (C=O) groups is 3. The predicted molar refractivity (Wildman–Crippen MR) is 140 cm³/mol. The summed E-state index contributed by atoms with van der Waals surface area (Å²) in [4.78, 5) is 44.7. The first kappa shape index (κ1) is 25.1. The van der Waals surface area contributed by atoms with Crippen molar-refractivity contribution in [1.82, 2.24) is 4.90 Å². The first-order valence-electron chi connectivity index (χ1n) is 12.0. The molecule has 3 aliphatic rings. The second-order valence-corrected chi connectivity index (χ2v) is 9.76. The molecule has 2 atom stereocenters. The number of ketones is 1. The topological polar surface area (TPSA) is 108 Å². The van der Waals surface area contributed by atoms with Gasteiger partial charge in [-0.25, -0.2) is 0 Å². The number of Topliss-reactive ketones (excluding diaryl/α,β-unsaturated/α-hetero) is 1. The fourth-order valence-electron chi connectivity index (χ4n) is 4.94. The molecular weight excluding hydrogens is 494 g/mol. The minimum absolute atomic E-state index is 0.0593. The van der Waals surface area contributed by atoms with Gasteiger partial charge >= 0.3 is 0 Å². The van der Waals surface area contributed by atoms with Gasteiger partial charge in [-0.15, -0.1) is 0 Å². The number of aliphatic hydroxyl groups is 1. The summed E-state index contributed by atoms with van der Waals surface area (Å²) in [6, 6.07) is 9.97. The van der Waals surface area contributed by atoms with Crippen molar-refractivity contribution >= 4 is 40.6 Å². The minimum atomic E-state index is -0.875. The number of aliphatic hydroxyl groups excluding tert-OH is 1. The van der Waals surface area contributed by atoms with Crippen LogP contribution >= 0.6 is 11.6 Å². The third-order valence-electron chi connectivity index (χ3n) is 6.73. The first-order valence-corrected chi connectivity index (χ1v) is 12.4. The van der Waals surface area contributed by atoms with E-state index in [9.17, 15) is 19.5 Å². The van der Waals surface area contributed by atoms with Gasteiger partial charge in [-0.05, 0) is 48.4 Å². The fraction of sp³-hybridized carbons (Fsp3) is 0.286. The Morgan fingerprint density at radius 3 is 2.65 bits per heavy atom. The molecule has 1 aliphatic carbocycles. The van der Waals surface area contributed by atoms with E-state index >= 15 is 0 Å². The second kappa shape index (κ2) is 10.0. The quantitative estimate of drug-likeness (QED) is 0.442. The summed E-state index contributed by atoms with van der Waals surface area (Å²) < 4.78 is 5.12. The number of carbonyl (C=O) groups excluding carboxylic acids is 3. The molecule has 0 unspecified atom stereocenters. The molecule has 8 nitrogen and oxygen atoms in total. The summed E-state index contributed by atoms with van der Waals surface area (Å²) in [6.07, 6.45) is 3.29. The van der Waals surface area contributed by atoms with Crippen LogP contribution < -0.4 is 5.32 Å². The Morgan fingerprint density at radius 1 is 1.16 bits per heavy atom. The van der Waals surface area contributed by atoms with E-state index in [1.54, 1.807) is 55.5 Å². The van der Waals surface area contributed by atoms with Crippen molar-refractivity contribution in [3.05, 3.63) is 87.1 Å². The average molecular weight is 520 g/mol. The number of halogens is 1. The molecule has 0 spiro atoms. The molecule has 0 fully saturated rings. The van der Waals surface area contributed by atoms with Crippen LogP contribution in [-0.4, -0.2) is 59.6 Å². The molecule has 2 aromatic rings. The lowest BCUT2D eigenvalue weighted by Crippen LogP contribution is -2.40. The van der Waals surface area contributed by atoms with Crippen LogP contribution in [0.1, 0.15) is 51.3 Å². The molecule has 9 heteroatoms. The zero-order chi connectivity index (χ0) is 26.3. The van der Waals surface area contributed by atoms with Gasteiger partial charge in [-0.2, -0.15) is 0 Å². The lowest BCUT2D eigenvalue weighted by atomic mass is 9.93. The van der Waals surface area contributed by atoms with Crippen LogP contribution in [-0.2, 0) is 16.0 Å². The Balaban J connectivity index is 1.43. The minimum Gasteiger partial charge on any atom is -0.386 e.